The fraction of sp³-hybridized carbons (Fsp3) is 0.154. The van der Waals surface area contributed by atoms with E-state index in [1.807, 2.05) is 24.3 Å². The van der Waals surface area contributed by atoms with Gasteiger partial charge in [0.05, 0.1) is 18.7 Å². The molecule has 7 nitrogen and oxygen atoms in total. The number of methoxy groups -OCH3 is 1. The van der Waals surface area contributed by atoms with Gasteiger partial charge in [0.2, 0.25) is 5.95 Å². The largest absolute Gasteiger partial charge is 0.497 e. The maximum Gasteiger partial charge on any atom is 0.224 e. The molecular weight excluding hydrogens is 256 g/mol. The van der Waals surface area contributed by atoms with Crippen LogP contribution < -0.4 is 15.8 Å². The fourth-order valence-electron chi connectivity index (χ4n) is 1.96. The summed E-state index contributed by atoms with van der Waals surface area (Å²) >= 11 is 0. The van der Waals surface area contributed by atoms with Crippen LogP contribution in [0, 0.1) is 0 Å². The summed E-state index contributed by atoms with van der Waals surface area (Å²) in [7, 11) is 1.65. The number of fused-ring (bicyclic) bond motifs is 1. The van der Waals surface area contributed by atoms with Gasteiger partial charge >= 0.3 is 0 Å². The van der Waals surface area contributed by atoms with Crippen molar-refractivity contribution in [3.8, 4) is 5.75 Å². The highest BCUT2D eigenvalue weighted by Crippen LogP contribution is 2.20. The van der Waals surface area contributed by atoms with Gasteiger partial charge in [0.15, 0.2) is 5.65 Å². The summed E-state index contributed by atoms with van der Waals surface area (Å²) in [6.07, 6.45) is 1.67. The first-order chi connectivity index (χ1) is 9.76. The lowest BCUT2D eigenvalue weighted by molar-refractivity contribution is 0.414. The van der Waals surface area contributed by atoms with E-state index in [9.17, 15) is 0 Å². The van der Waals surface area contributed by atoms with E-state index in [0.717, 1.165) is 16.7 Å². The Morgan fingerprint density at radius 3 is 3.10 bits per heavy atom. The Morgan fingerprint density at radius 1 is 1.35 bits per heavy atom. The minimum absolute atomic E-state index is 0.204. The van der Waals surface area contributed by atoms with E-state index < -0.39 is 0 Å². The van der Waals surface area contributed by atoms with Crippen molar-refractivity contribution >= 4 is 22.8 Å². The maximum atomic E-state index is 5.67. The topological polar surface area (TPSA) is 102 Å². The minimum atomic E-state index is 0.204. The number of H-pyrrole nitrogens is 1. The average molecular weight is 270 g/mol. The van der Waals surface area contributed by atoms with E-state index in [0.29, 0.717) is 18.0 Å². The number of ether oxygens (including phenoxy) is 1. The zero-order valence-electron chi connectivity index (χ0n) is 10.9. The number of nitrogens with two attached hydrogens (primary N) is 1. The number of hydrogen-bond acceptors (Lipinski definition) is 6. The van der Waals surface area contributed by atoms with Gasteiger partial charge in [-0.1, -0.05) is 12.1 Å². The third-order valence-corrected chi connectivity index (χ3v) is 2.92. The first-order valence-electron chi connectivity index (χ1n) is 6.09. The van der Waals surface area contributed by atoms with Crippen LogP contribution in [-0.2, 0) is 6.54 Å². The number of rotatable bonds is 4. The normalized spacial score (nSPS) is 10.7. The van der Waals surface area contributed by atoms with E-state index in [4.69, 9.17) is 10.5 Å². The number of nitrogens with one attached hydrogen (secondary N) is 2. The molecule has 0 aliphatic rings. The van der Waals surface area contributed by atoms with Crippen molar-refractivity contribution in [3.63, 3.8) is 0 Å². The molecule has 3 aromatic rings. The molecule has 0 amide bonds. The highest BCUT2D eigenvalue weighted by molar-refractivity contribution is 5.86. The van der Waals surface area contributed by atoms with Crippen molar-refractivity contribution in [2.75, 3.05) is 18.2 Å². The van der Waals surface area contributed by atoms with Gasteiger partial charge in [0.25, 0.3) is 0 Å². The fourth-order valence-corrected chi connectivity index (χ4v) is 1.96. The number of aromatic nitrogens is 4. The van der Waals surface area contributed by atoms with E-state index in [1.165, 1.54) is 0 Å². The Morgan fingerprint density at radius 2 is 2.25 bits per heavy atom. The molecule has 0 bridgehead atoms. The van der Waals surface area contributed by atoms with Gasteiger partial charge in [0.1, 0.15) is 11.6 Å². The van der Waals surface area contributed by atoms with Crippen LogP contribution in [0.25, 0.3) is 11.0 Å². The summed E-state index contributed by atoms with van der Waals surface area (Å²) in [5, 5.41) is 10.8. The summed E-state index contributed by atoms with van der Waals surface area (Å²) in [4.78, 5) is 8.26. The SMILES string of the molecule is COc1cccc(CNc2nc(N)nc3[nH]ncc23)c1. The third kappa shape index (κ3) is 2.33. The molecular formula is C13H14N6O. The molecule has 0 aliphatic heterocycles. The lowest BCUT2D eigenvalue weighted by Crippen LogP contribution is -2.05. The van der Waals surface area contributed by atoms with Gasteiger partial charge in [-0.3, -0.25) is 5.10 Å². The molecule has 7 heteroatoms. The second-order valence-electron chi connectivity index (χ2n) is 4.27. The standard InChI is InChI=1S/C13H14N6O/c1-20-9-4-2-3-8(5-9)6-15-11-10-7-16-19-12(10)18-13(14)17-11/h2-5,7H,6H2,1H3,(H4,14,15,16,17,18,19). The second kappa shape index (κ2) is 5.04. The molecule has 1 aromatic carbocycles. The molecule has 0 atom stereocenters. The second-order valence-corrected chi connectivity index (χ2v) is 4.27. The van der Waals surface area contributed by atoms with E-state index >= 15 is 0 Å². The lowest BCUT2D eigenvalue weighted by atomic mass is 10.2. The van der Waals surface area contributed by atoms with Crippen LogP contribution >= 0.6 is 0 Å². The van der Waals surface area contributed by atoms with Crippen LogP contribution in [0.4, 0.5) is 11.8 Å². The molecule has 4 N–H and O–H groups in total. The number of hydrogen-bond donors (Lipinski definition) is 3. The van der Waals surface area contributed by atoms with E-state index in [1.54, 1.807) is 13.3 Å². The molecule has 0 fully saturated rings. The smallest absolute Gasteiger partial charge is 0.224 e. The molecule has 0 saturated heterocycles. The van der Waals surface area contributed by atoms with Crippen molar-refractivity contribution in [2.24, 2.45) is 0 Å². The minimum Gasteiger partial charge on any atom is -0.497 e. The summed E-state index contributed by atoms with van der Waals surface area (Å²) in [5.41, 5.74) is 7.37. The molecule has 20 heavy (non-hydrogen) atoms. The predicted octanol–water partition coefficient (Wildman–Crippen LogP) is 1.56. The number of nitrogen functional groups attached to an aromatic ring is 1. The highest BCUT2D eigenvalue weighted by Gasteiger charge is 2.07. The van der Waals surface area contributed by atoms with Crippen molar-refractivity contribution in [1.29, 1.82) is 0 Å². The summed E-state index contributed by atoms with van der Waals surface area (Å²) in [5.74, 6) is 1.68. The quantitative estimate of drug-likeness (QED) is 0.665. The zero-order valence-corrected chi connectivity index (χ0v) is 10.9. The van der Waals surface area contributed by atoms with Gasteiger partial charge in [-0.25, -0.2) is 0 Å². The Balaban J connectivity index is 1.84. The Kier molecular flexibility index (Phi) is 3.08. The average Bonchev–Trinajstić information content (AvgIpc) is 2.93. The van der Waals surface area contributed by atoms with E-state index in [-0.39, 0.29) is 5.95 Å². The van der Waals surface area contributed by atoms with Crippen molar-refractivity contribution in [3.05, 3.63) is 36.0 Å². The third-order valence-electron chi connectivity index (χ3n) is 2.92. The number of nitrogens with zero attached hydrogens (tertiary/aromatic N) is 3. The van der Waals surface area contributed by atoms with Gasteiger partial charge in [-0.2, -0.15) is 15.1 Å². The molecule has 102 valence electrons. The molecule has 0 radical (unpaired) electrons. The lowest BCUT2D eigenvalue weighted by Gasteiger charge is -2.08. The van der Waals surface area contributed by atoms with Crippen LogP contribution in [0.2, 0.25) is 0 Å². The monoisotopic (exact) mass is 270 g/mol. The first kappa shape index (κ1) is 12.2. The van der Waals surface area contributed by atoms with Crippen molar-refractivity contribution in [1.82, 2.24) is 20.2 Å². The maximum absolute atomic E-state index is 5.67. The van der Waals surface area contributed by atoms with Gasteiger partial charge < -0.3 is 15.8 Å². The van der Waals surface area contributed by atoms with Crippen LogP contribution in [-0.4, -0.2) is 27.3 Å². The van der Waals surface area contributed by atoms with E-state index in [2.05, 4.69) is 25.5 Å². The number of aromatic amines is 1. The van der Waals surface area contributed by atoms with Crippen molar-refractivity contribution in [2.45, 2.75) is 6.54 Å². The molecule has 0 spiro atoms. The molecule has 3 rings (SSSR count). The predicted molar refractivity (Wildman–Crippen MR) is 76.4 cm³/mol. The summed E-state index contributed by atoms with van der Waals surface area (Å²) in [6.45, 7) is 0.605. The van der Waals surface area contributed by atoms with Crippen LogP contribution in [0.15, 0.2) is 30.5 Å². The van der Waals surface area contributed by atoms with Crippen LogP contribution in [0.1, 0.15) is 5.56 Å². The molecule has 0 saturated carbocycles. The highest BCUT2D eigenvalue weighted by atomic mass is 16.5. The van der Waals surface area contributed by atoms with Gasteiger partial charge in [-0.05, 0) is 17.7 Å². The molecule has 2 aromatic heterocycles. The van der Waals surface area contributed by atoms with Gasteiger partial charge in [-0.15, -0.1) is 0 Å². The van der Waals surface area contributed by atoms with Crippen LogP contribution in [0.5, 0.6) is 5.75 Å². The Hall–Kier alpha value is -2.83. The Bertz CT molecular complexity index is 739. The molecule has 0 unspecified atom stereocenters. The molecule has 0 aliphatic carbocycles. The van der Waals surface area contributed by atoms with Gasteiger partial charge in [0, 0.05) is 6.54 Å². The zero-order chi connectivity index (χ0) is 13.9. The number of anilines is 2. The first-order valence-corrected chi connectivity index (χ1v) is 6.09. The Labute approximate surface area is 115 Å². The van der Waals surface area contributed by atoms with Crippen molar-refractivity contribution < 1.29 is 4.74 Å². The van der Waals surface area contributed by atoms with Crippen LogP contribution in [0.3, 0.4) is 0 Å². The summed E-state index contributed by atoms with van der Waals surface area (Å²) < 4.78 is 5.20. The number of benzene rings is 1. The summed E-state index contributed by atoms with van der Waals surface area (Å²) in [6, 6.07) is 7.81. The molecule has 2 heterocycles.